The van der Waals surface area contributed by atoms with E-state index < -0.39 is 16.8 Å². The lowest BCUT2D eigenvalue weighted by Gasteiger charge is -2.33. The molecule has 1 N–H and O–H groups in total. The molecule has 2 aromatic heterocycles. The van der Waals surface area contributed by atoms with Crippen LogP contribution < -0.4 is 4.74 Å². The van der Waals surface area contributed by atoms with Gasteiger partial charge in [-0.1, -0.05) is 24.3 Å². The largest absolute Gasteiger partial charge is 0.490 e. The van der Waals surface area contributed by atoms with E-state index in [0.29, 0.717) is 30.3 Å². The van der Waals surface area contributed by atoms with Gasteiger partial charge in [0, 0.05) is 29.4 Å². The van der Waals surface area contributed by atoms with Crippen molar-refractivity contribution >= 4 is 31.9 Å². The fourth-order valence-electron chi connectivity index (χ4n) is 5.40. The summed E-state index contributed by atoms with van der Waals surface area (Å²) in [6.07, 6.45) is 2.63. The number of nitrogens with zero attached hydrogens (tertiary/aromatic N) is 2. The van der Waals surface area contributed by atoms with Crippen molar-refractivity contribution in [3.05, 3.63) is 59.2 Å². The molecule has 3 heterocycles. The highest BCUT2D eigenvalue weighted by Crippen LogP contribution is 2.38. The Morgan fingerprint density at radius 2 is 1.89 bits per heavy atom. The number of aliphatic hydroxyl groups is 1. The van der Waals surface area contributed by atoms with Crippen molar-refractivity contribution in [3.63, 3.8) is 0 Å². The first-order chi connectivity index (χ1) is 18.2. The van der Waals surface area contributed by atoms with Gasteiger partial charge in [0.2, 0.25) is 10.0 Å². The van der Waals surface area contributed by atoms with Crippen molar-refractivity contribution < 1.29 is 27.4 Å². The summed E-state index contributed by atoms with van der Waals surface area (Å²) in [4.78, 5) is 5.02. The maximum absolute atomic E-state index is 11.9. The molecule has 202 valence electrons. The van der Waals surface area contributed by atoms with Crippen molar-refractivity contribution in [1.82, 2.24) is 9.29 Å². The highest BCUT2D eigenvalue weighted by Gasteiger charge is 2.29. The lowest BCUT2D eigenvalue weighted by Crippen LogP contribution is -2.41. The molecule has 9 heteroatoms. The Bertz CT molecular complexity index is 1570. The van der Waals surface area contributed by atoms with Crippen LogP contribution >= 0.6 is 0 Å². The number of para-hydroxylation sites is 1. The summed E-state index contributed by atoms with van der Waals surface area (Å²) in [7, 11) is -3.18. The topological polar surface area (TPSA) is 102 Å². The van der Waals surface area contributed by atoms with Crippen LogP contribution in [0.4, 0.5) is 0 Å². The Labute approximate surface area is 223 Å². The molecule has 0 unspecified atom stereocenters. The summed E-state index contributed by atoms with van der Waals surface area (Å²) >= 11 is 0. The maximum atomic E-state index is 11.9. The van der Waals surface area contributed by atoms with Crippen molar-refractivity contribution in [2.24, 2.45) is 5.92 Å². The predicted octanol–water partition coefficient (Wildman–Crippen LogP) is 5.17. The molecule has 1 saturated heterocycles. The molecule has 0 amide bonds. The summed E-state index contributed by atoms with van der Waals surface area (Å²) in [5.74, 6) is 1.63. The molecule has 1 atom stereocenters. The number of ether oxygens (including phenoxy) is 2. The molecular formula is C29H34N2O6S. The normalized spacial score (nSPS) is 16.3. The Morgan fingerprint density at radius 1 is 1.16 bits per heavy atom. The average Bonchev–Trinajstić information content (AvgIpc) is 3.24. The number of sulfonamides is 1. The van der Waals surface area contributed by atoms with Gasteiger partial charge in [0.1, 0.15) is 23.8 Å². The Morgan fingerprint density at radius 3 is 2.58 bits per heavy atom. The third-order valence-electron chi connectivity index (χ3n) is 7.58. The summed E-state index contributed by atoms with van der Waals surface area (Å²) in [6.45, 7) is 6.86. The number of fused-ring (bicyclic) bond motifs is 2. The third kappa shape index (κ3) is 5.16. The molecule has 4 aromatic rings. The molecule has 0 aliphatic carbocycles. The fraction of sp³-hybridized carbons (Fsp3) is 0.414. The highest BCUT2D eigenvalue weighted by molar-refractivity contribution is 7.88. The van der Waals surface area contributed by atoms with E-state index in [-0.39, 0.29) is 18.6 Å². The molecule has 1 aliphatic rings. The van der Waals surface area contributed by atoms with Crippen molar-refractivity contribution in [1.29, 1.82) is 0 Å². The van der Waals surface area contributed by atoms with E-state index in [1.807, 2.05) is 63.2 Å². The van der Waals surface area contributed by atoms with Crippen LogP contribution in [0.25, 0.3) is 33.3 Å². The van der Waals surface area contributed by atoms with E-state index in [1.165, 1.54) is 10.6 Å². The van der Waals surface area contributed by atoms with Crippen LogP contribution in [0.5, 0.6) is 5.75 Å². The number of furan rings is 1. The first-order valence-electron chi connectivity index (χ1n) is 12.9. The molecule has 1 aliphatic heterocycles. The summed E-state index contributed by atoms with van der Waals surface area (Å²) < 4.78 is 43.5. The fourth-order valence-corrected chi connectivity index (χ4v) is 6.27. The summed E-state index contributed by atoms with van der Waals surface area (Å²) in [5.41, 5.74) is 5.14. The van der Waals surface area contributed by atoms with E-state index in [9.17, 15) is 13.5 Å². The van der Waals surface area contributed by atoms with Crippen LogP contribution in [0.1, 0.15) is 36.5 Å². The second-order valence-corrected chi connectivity index (χ2v) is 12.1. The van der Waals surface area contributed by atoms with Gasteiger partial charge in [-0.05, 0) is 68.9 Å². The maximum Gasteiger partial charge on any atom is 0.211 e. The molecule has 8 nitrogen and oxygen atoms in total. The second kappa shape index (κ2) is 10.6. The second-order valence-electron chi connectivity index (χ2n) is 10.1. The number of aryl methyl sites for hydroxylation is 2. The Balaban J connectivity index is 1.53. The molecule has 38 heavy (non-hydrogen) atoms. The monoisotopic (exact) mass is 538 g/mol. The van der Waals surface area contributed by atoms with Gasteiger partial charge in [-0.3, -0.25) is 0 Å². The Hall–Kier alpha value is -2.98. The first kappa shape index (κ1) is 26.6. The van der Waals surface area contributed by atoms with Crippen LogP contribution in [0.3, 0.4) is 0 Å². The molecule has 2 aromatic carbocycles. The molecule has 1 fully saturated rings. The van der Waals surface area contributed by atoms with E-state index >= 15 is 0 Å². The number of hydrogen-bond acceptors (Lipinski definition) is 7. The van der Waals surface area contributed by atoms with Gasteiger partial charge in [-0.2, -0.15) is 0 Å². The third-order valence-corrected chi connectivity index (χ3v) is 8.88. The van der Waals surface area contributed by atoms with Gasteiger partial charge in [0.05, 0.1) is 24.5 Å². The zero-order valence-corrected chi connectivity index (χ0v) is 23.0. The number of aromatic nitrogens is 1. The van der Waals surface area contributed by atoms with Crippen molar-refractivity contribution in [2.45, 2.75) is 46.3 Å². The van der Waals surface area contributed by atoms with E-state index in [1.54, 1.807) is 0 Å². The molecule has 0 spiro atoms. The van der Waals surface area contributed by atoms with E-state index in [4.69, 9.17) is 18.9 Å². The summed E-state index contributed by atoms with van der Waals surface area (Å²) in [5, 5.41) is 11.3. The predicted molar refractivity (Wildman–Crippen MR) is 148 cm³/mol. The summed E-state index contributed by atoms with van der Waals surface area (Å²) in [6, 6.07) is 13.8. The number of rotatable bonds is 8. The molecule has 5 rings (SSSR count). The van der Waals surface area contributed by atoms with Crippen LogP contribution in [0, 0.1) is 19.8 Å². The SMILES string of the molecule is Cc1c(-c2cc(COCO)c3c(O[C@@H](C)C4CCN(S(C)(=O)=O)CC4)ccc(C)c3n2)oc2ccccc12. The van der Waals surface area contributed by atoms with E-state index in [0.717, 1.165) is 51.4 Å². The number of pyridine rings is 1. The Kier molecular flexibility index (Phi) is 7.46. The minimum absolute atomic E-state index is 0.119. The molecular weight excluding hydrogens is 504 g/mol. The minimum Gasteiger partial charge on any atom is -0.490 e. The van der Waals surface area contributed by atoms with Gasteiger partial charge in [0.15, 0.2) is 5.76 Å². The molecule has 0 bridgehead atoms. The lowest BCUT2D eigenvalue weighted by molar-refractivity contribution is -0.0108. The minimum atomic E-state index is -3.18. The first-order valence-corrected chi connectivity index (χ1v) is 14.7. The van der Waals surface area contributed by atoms with Gasteiger partial charge in [-0.25, -0.2) is 17.7 Å². The van der Waals surface area contributed by atoms with Crippen molar-refractivity contribution in [3.8, 4) is 17.2 Å². The van der Waals surface area contributed by atoms with Crippen LogP contribution in [0.2, 0.25) is 0 Å². The van der Waals surface area contributed by atoms with Crippen LogP contribution in [-0.2, 0) is 21.4 Å². The number of aliphatic hydroxyl groups excluding tert-OH is 1. The van der Waals surface area contributed by atoms with Crippen molar-refractivity contribution in [2.75, 3.05) is 26.1 Å². The standard InChI is InChI=1S/C29H34N2O6S/c1-18-9-10-26(36-20(3)21-11-13-31(14-12-21)38(4,33)34)27-22(16-35-17-32)15-24(30-28(18)27)29-19(2)23-7-5-6-8-25(23)37-29/h5-10,15,20-21,32H,11-14,16-17H2,1-4H3/t20-/m0/s1. The van der Waals surface area contributed by atoms with Gasteiger partial charge >= 0.3 is 0 Å². The van der Waals surface area contributed by atoms with Crippen LogP contribution in [-0.4, -0.2) is 55.1 Å². The quantitative estimate of drug-likeness (QED) is 0.309. The number of piperidine rings is 1. The average molecular weight is 539 g/mol. The molecule has 0 radical (unpaired) electrons. The number of hydrogen-bond donors (Lipinski definition) is 1. The number of benzene rings is 2. The smallest absolute Gasteiger partial charge is 0.211 e. The van der Waals surface area contributed by atoms with Gasteiger partial charge in [-0.15, -0.1) is 0 Å². The zero-order valence-electron chi connectivity index (χ0n) is 22.2. The van der Waals surface area contributed by atoms with Gasteiger partial charge in [0.25, 0.3) is 0 Å². The van der Waals surface area contributed by atoms with E-state index in [2.05, 4.69) is 0 Å². The highest BCUT2D eigenvalue weighted by atomic mass is 32.2. The van der Waals surface area contributed by atoms with Gasteiger partial charge < -0.3 is 19.0 Å². The lowest BCUT2D eigenvalue weighted by atomic mass is 9.93. The molecule has 0 saturated carbocycles. The zero-order chi connectivity index (χ0) is 27.0. The van der Waals surface area contributed by atoms with Crippen LogP contribution in [0.15, 0.2) is 46.9 Å².